The van der Waals surface area contributed by atoms with Gasteiger partial charge < -0.3 is 10.6 Å². The lowest BCUT2D eigenvalue weighted by molar-refractivity contribution is -0.134. The first-order valence-electron chi connectivity index (χ1n) is 4.14. The molecule has 0 atom stereocenters. The van der Waals surface area contributed by atoms with Crippen molar-refractivity contribution < 1.29 is 15.4 Å². The zero-order valence-corrected chi connectivity index (χ0v) is 8.03. The van der Waals surface area contributed by atoms with Gasteiger partial charge in [-0.15, -0.1) is 0 Å². The second kappa shape index (κ2) is 5.94. The molecule has 0 aromatic heterocycles. The van der Waals surface area contributed by atoms with Crippen molar-refractivity contribution in [3.05, 3.63) is 41.5 Å². The SMILES string of the molecule is C1=Cc2ccccc2C1.CC(=O)O.O. The molecule has 1 aliphatic rings. The molecule has 1 aromatic rings. The van der Waals surface area contributed by atoms with Gasteiger partial charge in [-0.3, -0.25) is 4.79 Å². The van der Waals surface area contributed by atoms with Gasteiger partial charge in [-0.25, -0.2) is 0 Å². The molecule has 0 spiro atoms. The zero-order chi connectivity index (χ0) is 9.68. The average Bonchev–Trinajstić information content (AvgIpc) is 2.49. The van der Waals surface area contributed by atoms with E-state index >= 15 is 0 Å². The van der Waals surface area contributed by atoms with Gasteiger partial charge in [0.05, 0.1) is 0 Å². The monoisotopic (exact) mass is 194 g/mol. The Hall–Kier alpha value is -1.61. The molecule has 0 radical (unpaired) electrons. The van der Waals surface area contributed by atoms with Crippen LogP contribution < -0.4 is 0 Å². The van der Waals surface area contributed by atoms with E-state index in [0.29, 0.717) is 0 Å². The maximum atomic E-state index is 9.00. The van der Waals surface area contributed by atoms with Crippen LogP contribution in [0.25, 0.3) is 6.08 Å². The van der Waals surface area contributed by atoms with E-state index in [-0.39, 0.29) is 5.48 Å². The summed E-state index contributed by atoms with van der Waals surface area (Å²) in [6.45, 7) is 1.08. The van der Waals surface area contributed by atoms with Crippen molar-refractivity contribution in [1.82, 2.24) is 0 Å². The molecule has 0 saturated heterocycles. The highest BCUT2D eigenvalue weighted by Gasteiger charge is 2.00. The fraction of sp³-hybridized carbons (Fsp3) is 0.182. The first-order valence-corrected chi connectivity index (χ1v) is 4.14. The number of hydrogen-bond donors (Lipinski definition) is 1. The second-order valence-electron chi connectivity index (χ2n) is 2.82. The molecular formula is C11H14O3. The van der Waals surface area contributed by atoms with Crippen molar-refractivity contribution >= 4 is 12.0 Å². The molecule has 0 saturated carbocycles. The van der Waals surface area contributed by atoms with Gasteiger partial charge in [-0.2, -0.15) is 0 Å². The van der Waals surface area contributed by atoms with E-state index in [9.17, 15) is 0 Å². The Balaban J connectivity index is 0.000000299. The van der Waals surface area contributed by atoms with Crippen molar-refractivity contribution in [2.24, 2.45) is 0 Å². The third kappa shape index (κ3) is 3.87. The van der Waals surface area contributed by atoms with Gasteiger partial charge in [0.15, 0.2) is 0 Å². The van der Waals surface area contributed by atoms with Gasteiger partial charge in [-0.1, -0.05) is 36.4 Å². The number of carboxylic acids is 1. The highest BCUT2D eigenvalue weighted by atomic mass is 16.4. The summed E-state index contributed by atoms with van der Waals surface area (Å²) < 4.78 is 0. The van der Waals surface area contributed by atoms with Crippen molar-refractivity contribution in [1.29, 1.82) is 0 Å². The molecule has 0 aliphatic heterocycles. The molecule has 2 rings (SSSR count). The minimum atomic E-state index is -0.833. The standard InChI is InChI=1S/C9H8.C2H4O2.H2O/c1-2-5-9-7-3-6-8(9)4-1;1-2(3)4;/h1-6H,7H2;1H3,(H,3,4);1H2. The molecule has 0 bridgehead atoms. The Kier molecular flexibility index (Phi) is 5.26. The first-order chi connectivity index (χ1) is 6.20. The number of allylic oxidation sites excluding steroid dienone is 1. The Morgan fingerprint density at radius 1 is 1.36 bits per heavy atom. The minimum Gasteiger partial charge on any atom is -0.481 e. The van der Waals surface area contributed by atoms with Crippen LogP contribution >= 0.6 is 0 Å². The minimum absolute atomic E-state index is 0. The first kappa shape index (κ1) is 12.4. The van der Waals surface area contributed by atoms with E-state index in [1.54, 1.807) is 0 Å². The van der Waals surface area contributed by atoms with Gasteiger partial charge >= 0.3 is 0 Å². The van der Waals surface area contributed by atoms with E-state index in [1.165, 1.54) is 11.1 Å². The second-order valence-corrected chi connectivity index (χ2v) is 2.82. The largest absolute Gasteiger partial charge is 0.481 e. The average molecular weight is 194 g/mol. The van der Waals surface area contributed by atoms with Crippen LogP contribution in [0.4, 0.5) is 0 Å². The Morgan fingerprint density at radius 3 is 2.50 bits per heavy atom. The molecule has 14 heavy (non-hydrogen) atoms. The van der Waals surface area contributed by atoms with Gasteiger partial charge in [0.25, 0.3) is 5.97 Å². The Labute approximate surface area is 83.0 Å². The summed E-state index contributed by atoms with van der Waals surface area (Å²) >= 11 is 0. The predicted molar refractivity (Wildman–Crippen MR) is 56.1 cm³/mol. The molecule has 3 heteroatoms. The van der Waals surface area contributed by atoms with Crippen LogP contribution in [0.5, 0.6) is 0 Å². The smallest absolute Gasteiger partial charge is 0.300 e. The lowest BCUT2D eigenvalue weighted by atomic mass is 10.1. The molecular weight excluding hydrogens is 180 g/mol. The van der Waals surface area contributed by atoms with Gasteiger partial charge in [0.1, 0.15) is 0 Å². The van der Waals surface area contributed by atoms with Crippen LogP contribution in [0.3, 0.4) is 0 Å². The van der Waals surface area contributed by atoms with E-state index in [0.717, 1.165) is 13.3 Å². The van der Waals surface area contributed by atoms with Crippen LogP contribution in [-0.2, 0) is 11.2 Å². The number of aliphatic carboxylic acids is 1. The van der Waals surface area contributed by atoms with Crippen molar-refractivity contribution in [3.63, 3.8) is 0 Å². The van der Waals surface area contributed by atoms with Crippen LogP contribution in [0.2, 0.25) is 0 Å². The molecule has 0 heterocycles. The molecule has 0 amide bonds. The summed E-state index contributed by atoms with van der Waals surface area (Å²) in [5, 5.41) is 7.42. The molecule has 3 N–H and O–H groups in total. The molecule has 0 unspecified atom stereocenters. The van der Waals surface area contributed by atoms with Crippen molar-refractivity contribution in [3.8, 4) is 0 Å². The summed E-state index contributed by atoms with van der Waals surface area (Å²) in [6.07, 6.45) is 5.50. The summed E-state index contributed by atoms with van der Waals surface area (Å²) in [5.74, 6) is -0.833. The Bertz CT molecular complexity index is 325. The fourth-order valence-electron chi connectivity index (χ4n) is 1.20. The number of fused-ring (bicyclic) bond motifs is 1. The van der Waals surface area contributed by atoms with Gasteiger partial charge in [0.2, 0.25) is 0 Å². The maximum absolute atomic E-state index is 9.00. The lowest BCUT2D eigenvalue weighted by Crippen LogP contribution is -1.78. The number of benzene rings is 1. The van der Waals surface area contributed by atoms with Gasteiger partial charge in [0, 0.05) is 6.92 Å². The number of carbonyl (C=O) groups is 1. The van der Waals surface area contributed by atoms with Gasteiger partial charge in [-0.05, 0) is 17.5 Å². The van der Waals surface area contributed by atoms with Crippen LogP contribution in [0.15, 0.2) is 30.3 Å². The summed E-state index contributed by atoms with van der Waals surface area (Å²) in [4.78, 5) is 9.00. The molecule has 1 aromatic carbocycles. The normalized spacial score (nSPS) is 10.6. The number of rotatable bonds is 0. The number of carboxylic acid groups (broad SMARTS) is 1. The third-order valence-electron chi connectivity index (χ3n) is 1.69. The zero-order valence-electron chi connectivity index (χ0n) is 8.03. The topological polar surface area (TPSA) is 68.8 Å². The molecule has 1 aliphatic carbocycles. The highest BCUT2D eigenvalue weighted by Crippen LogP contribution is 2.17. The highest BCUT2D eigenvalue weighted by molar-refractivity contribution is 5.63. The molecule has 3 nitrogen and oxygen atoms in total. The van der Waals surface area contributed by atoms with Crippen LogP contribution in [0.1, 0.15) is 18.1 Å². The van der Waals surface area contributed by atoms with Crippen molar-refractivity contribution in [2.75, 3.05) is 0 Å². The lowest BCUT2D eigenvalue weighted by Gasteiger charge is -1.93. The quantitative estimate of drug-likeness (QED) is 0.680. The predicted octanol–water partition coefficient (Wildman–Crippen LogP) is 1.52. The number of hydrogen-bond acceptors (Lipinski definition) is 1. The Morgan fingerprint density at radius 2 is 1.93 bits per heavy atom. The molecule has 76 valence electrons. The third-order valence-corrected chi connectivity index (χ3v) is 1.69. The summed E-state index contributed by atoms with van der Waals surface area (Å²) in [5.41, 5.74) is 2.84. The van der Waals surface area contributed by atoms with Crippen LogP contribution in [-0.4, -0.2) is 16.6 Å². The van der Waals surface area contributed by atoms with E-state index in [1.807, 2.05) is 0 Å². The van der Waals surface area contributed by atoms with E-state index in [2.05, 4.69) is 36.4 Å². The van der Waals surface area contributed by atoms with Crippen molar-refractivity contribution in [2.45, 2.75) is 13.3 Å². The summed E-state index contributed by atoms with van der Waals surface area (Å²) in [7, 11) is 0. The van der Waals surface area contributed by atoms with E-state index < -0.39 is 5.97 Å². The molecule has 0 fully saturated rings. The summed E-state index contributed by atoms with van der Waals surface area (Å²) in [6, 6.07) is 8.49. The fourth-order valence-corrected chi connectivity index (χ4v) is 1.20. The maximum Gasteiger partial charge on any atom is 0.300 e. The van der Waals surface area contributed by atoms with Crippen LogP contribution in [0, 0.1) is 0 Å². The van der Waals surface area contributed by atoms with E-state index in [4.69, 9.17) is 9.90 Å².